The Kier molecular flexibility index (Phi) is 6.70. The third-order valence-electron chi connectivity index (χ3n) is 6.53. The molecule has 2 fully saturated rings. The normalized spacial score (nSPS) is 22.1. The zero-order chi connectivity index (χ0) is 22.3. The highest BCUT2D eigenvalue weighted by Gasteiger charge is 2.60. The summed E-state index contributed by atoms with van der Waals surface area (Å²) in [6.45, 7) is 2.93. The predicted octanol–water partition coefficient (Wildman–Crippen LogP) is 4.47. The van der Waals surface area contributed by atoms with Gasteiger partial charge in [-0.25, -0.2) is 0 Å². The number of halogens is 4. The van der Waals surface area contributed by atoms with Gasteiger partial charge in [-0.2, -0.15) is 23.4 Å². The number of hydrogen-bond acceptors (Lipinski definition) is 6. The Balaban J connectivity index is 0.00000259. The van der Waals surface area contributed by atoms with Crippen LogP contribution in [0.15, 0.2) is 47.9 Å². The summed E-state index contributed by atoms with van der Waals surface area (Å²) in [5.41, 5.74) is 1.40. The molecule has 1 aliphatic carbocycles. The molecule has 1 saturated carbocycles. The standard InChI is InChI=1S/C22H23F3N6S.ClH/c1-30-19(15-7-8-26-27-12-15)28-29-20(30)32-10-2-9-31-13-18-11-21(18,14-31)16-3-5-17(6-4-16)22(23,24)25;/h3-8,12,18H,2,9-11,13-14H2,1H3;1H/t18-,21+;/m0./s1. The lowest BCUT2D eigenvalue weighted by Crippen LogP contribution is -2.28. The number of thioether (sulfide) groups is 1. The largest absolute Gasteiger partial charge is 0.416 e. The van der Waals surface area contributed by atoms with Crippen molar-refractivity contribution in [3.05, 3.63) is 53.9 Å². The smallest absolute Gasteiger partial charge is 0.305 e. The molecular formula is C22H24ClF3N6S. The zero-order valence-corrected chi connectivity index (χ0v) is 19.6. The van der Waals surface area contributed by atoms with Crippen molar-refractivity contribution >= 4 is 24.2 Å². The average Bonchev–Trinajstić information content (AvgIpc) is 3.16. The Morgan fingerprint density at radius 2 is 1.91 bits per heavy atom. The highest BCUT2D eigenvalue weighted by molar-refractivity contribution is 7.99. The first-order valence-electron chi connectivity index (χ1n) is 10.6. The van der Waals surface area contributed by atoms with Crippen molar-refractivity contribution in [1.82, 2.24) is 29.9 Å². The molecule has 3 aromatic rings. The monoisotopic (exact) mass is 496 g/mol. The number of fused-ring (bicyclic) bond motifs is 1. The molecule has 0 amide bonds. The van der Waals surface area contributed by atoms with Gasteiger partial charge in [-0.15, -0.1) is 22.6 Å². The first-order chi connectivity index (χ1) is 15.4. The molecule has 0 spiro atoms. The van der Waals surface area contributed by atoms with Crippen molar-refractivity contribution in [2.24, 2.45) is 13.0 Å². The van der Waals surface area contributed by atoms with E-state index in [1.54, 1.807) is 36.3 Å². The second kappa shape index (κ2) is 9.23. The molecule has 176 valence electrons. The van der Waals surface area contributed by atoms with Gasteiger partial charge in [0.15, 0.2) is 11.0 Å². The first-order valence-corrected chi connectivity index (χ1v) is 11.5. The molecular weight excluding hydrogens is 473 g/mol. The van der Waals surface area contributed by atoms with E-state index in [9.17, 15) is 13.2 Å². The molecule has 6 nitrogen and oxygen atoms in total. The Morgan fingerprint density at radius 3 is 2.61 bits per heavy atom. The van der Waals surface area contributed by atoms with Crippen LogP contribution in [0.25, 0.3) is 11.4 Å². The van der Waals surface area contributed by atoms with Crippen molar-refractivity contribution in [1.29, 1.82) is 0 Å². The fraction of sp³-hybridized carbons (Fsp3) is 0.455. The molecule has 0 bridgehead atoms. The number of hydrogen-bond donors (Lipinski definition) is 0. The van der Waals surface area contributed by atoms with Crippen LogP contribution in [0, 0.1) is 5.92 Å². The van der Waals surface area contributed by atoms with Crippen LogP contribution >= 0.6 is 24.2 Å². The lowest BCUT2D eigenvalue weighted by molar-refractivity contribution is -0.137. The minimum absolute atomic E-state index is 0. The summed E-state index contributed by atoms with van der Waals surface area (Å²) >= 11 is 1.68. The lowest BCUT2D eigenvalue weighted by atomic mass is 9.94. The van der Waals surface area contributed by atoms with Crippen LogP contribution in [0.4, 0.5) is 13.2 Å². The maximum absolute atomic E-state index is 12.8. The van der Waals surface area contributed by atoms with E-state index in [-0.39, 0.29) is 17.8 Å². The lowest BCUT2D eigenvalue weighted by Gasteiger charge is -2.21. The van der Waals surface area contributed by atoms with E-state index < -0.39 is 11.7 Å². The van der Waals surface area contributed by atoms with Gasteiger partial charge >= 0.3 is 6.18 Å². The van der Waals surface area contributed by atoms with Gasteiger partial charge in [0, 0.05) is 36.9 Å². The number of aromatic nitrogens is 5. The quantitative estimate of drug-likeness (QED) is 0.355. The van der Waals surface area contributed by atoms with E-state index in [1.807, 2.05) is 17.7 Å². The number of benzene rings is 1. The molecule has 0 unspecified atom stereocenters. The summed E-state index contributed by atoms with van der Waals surface area (Å²) < 4.78 is 40.5. The van der Waals surface area contributed by atoms with Crippen molar-refractivity contribution in [2.75, 3.05) is 25.4 Å². The minimum atomic E-state index is -4.28. The van der Waals surface area contributed by atoms with Gasteiger partial charge in [0.25, 0.3) is 0 Å². The van der Waals surface area contributed by atoms with Gasteiger partial charge in [-0.1, -0.05) is 23.9 Å². The zero-order valence-electron chi connectivity index (χ0n) is 18.0. The summed E-state index contributed by atoms with van der Waals surface area (Å²) in [7, 11) is 1.94. The molecule has 33 heavy (non-hydrogen) atoms. The highest BCUT2D eigenvalue weighted by Crippen LogP contribution is 2.59. The molecule has 1 aliphatic heterocycles. The predicted molar refractivity (Wildman–Crippen MR) is 122 cm³/mol. The van der Waals surface area contributed by atoms with Crippen molar-refractivity contribution in [3.8, 4) is 11.4 Å². The number of alkyl halides is 3. The van der Waals surface area contributed by atoms with Crippen LogP contribution in [0.3, 0.4) is 0 Å². The fourth-order valence-electron chi connectivity index (χ4n) is 4.76. The molecule has 0 N–H and O–H groups in total. The maximum atomic E-state index is 12.8. The molecule has 0 radical (unpaired) electrons. The highest BCUT2D eigenvalue weighted by atomic mass is 35.5. The second-order valence-electron chi connectivity index (χ2n) is 8.57. The third-order valence-corrected chi connectivity index (χ3v) is 7.64. The maximum Gasteiger partial charge on any atom is 0.416 e. The van der Waals surface area contributed by atoms with Crippen molar-refractivity contribution in [2.45, 2.75) is 29.6 Å². The number of piperidine rings is 1. The van der Waals surface area contributed by atoms with Crippen molar-refractivity contribution in [3.63, 3.8) is 0 Å². The van der Waals surface area contributed by atoms with E-state index in [4.69, 9.17) is 0 Å². The molecule has 2 atom stereocenters. The van der Waals surface area contributed by atoms with Gasteiger partial charge in [0.05, 0.1) is 18.0 Å². The third kappa shape index (κ3) is 4.74. The van der Waals surface area contributed by atoms with Crippen LogP contribution in [0.5, 0.6) is 0 Å². The van der Waals surface area contributed by atoms with E-state index in [0.717, 1.165) is 60.3 Å². The molecule has 11 heteroatoms. The number of nitrogens with zero attached hydrogens (tertiary/aromatic N) is 6. The van der Waals surface area contributed by atoms with Crippen LogP contribution in [0.1, 0.15) is 24.0 Å². The molecule has 1 saturated heterocycles. The van der Waals surface area contributed by atoms with Crippen LogP contribution in [0.2, 0.25) is 0 Å². The summed E-state index contributed by atoms with van der Waals surface area (Å²) in [5, 5.41) is 17.1. The Morgan fingerprint density at radius 1 is 1.12 bits per heavy atom. The molecule has 5 rings (SSSR count). The molecule has 1 aromatic carbocycles. The fourth-order valence-corrected chi connectivity index (χ4v) is 5.60. The minimum Gasteiger partial charge on any atom is -0.305 e. The van der Waals surface area contributed by atoms with Crippen LogP contribution < -0.4 is 0 Å². The van der Waals surface area contributed by atoms with Crippen LogP contribution in [-0.4, -0.2) is 55.2 Å². The van der Waals surface area contributed by atoms with Gasteiger partial charge in [0.2, 0.25) is 0 Å². The summed E-state index contributed by atoms with van der Waals surface area (Å²) in [5.74, 6) is 2.25. The Hall–Kier alpha value is -2.17. The average molecular weight is 497 g/mol. The molecule has 3 heterocycles. The van der Waals surface area contributed by atoms with Crippen molar-refractivity contribution < 1.29 is 13.2 Å². The van der Waals surface area contributed by atoms with E-state index >= 15 is 0 Å². The van der Waals surface area contributed by atoms with Gasteiger partial charge in [0.1, 0.15) is 0 Å². The number of likely N-dealkylation sites (tertiary alicyclic amines) is 1. The van der Waals surface area contributed by atoms with E-state index in [0.29, 0.717) is 5.92 Å². The van der Waals surface area contributed by atoms with Gasteiger partial charge in [-0.05, 0) is 49.1 Å². The van der Waals surface area contributed by atoms with E-state index in [2.05, 4.69) is 25.3 Å². The van der Waals surface area contributed by atoms with Gasteiger partial charge < -0.3 is 9.47 Å². The first kappa shape index (κ1) is 24.0. The second-order valence-corrected chi connectivity index (χ2v) is 9.63. The van der Waals surface area contributed by atoms with Crippen LogP contribution in [-0.2, 0) is 18.6 Å². The molecule has 2 aliphatic rings. The topological polar surface area (TPSA) is 59.7 Å². The Bertz CT molecular complexity index is 1090. The number of rotatable bonds is 7. The SMILES string of the molecule is Cl.Cn1c(SCCCN2C[C@@H]3C[C@]3(c3ccc(C(F)(F)F)cc3)C2)nnc1-c1ccnnc1. The van der Waals surface area contributed by atoms with E-state index in [1.165, 1.54) is 12.1 Å². The van der Waals surface area contributed by atoms with Gasteiger partial charge in [-0.3, -0.25) is 0 Å². The summed E-state index contributed by atoms with van der Waals surface area (Å²) in [6.07, 6.45) is 1.12. The summed E-state index contributed by atoms with van der Waals surface area (Å²) in [6, 6.07) is 7.64. The Labute approximate surface area is 200 Å². The molecule has 2 aromatic heterocycles. The summed E-state index contributed by atoms with van der Waals surface area (Å²) in [4.78, 5) is 2.44.